The SMILES string of the molecule is CC/C=C\C/C=C\C/C=C\C/C=C\C/C=C\C/C=C\C/C=C\CCCCCC(=O)OC(COC(=O)CCCCCCCCCCCCCCCCCCCCCC/C=C\C/C=C\C/C=C\C/C=C\C/C=C\C/C=C\CC)COC(OCC[N+](C)(C)C)C(=O)[O-]. The van der Waals surface area contributed by atoms with E-state index >= 15 is 0 Å². The molecule has 9 nitrogen and oxygen atoms in total. The number of carboxylic acids is 1. The Labute approximate surface area is 546 Å². The lowest BCUT2D eigenvalue weighted by Crippen LogP contribution is -2.44. The number of aliphatic carboxylic acids is 1. The highest BCUT2D eigenvalue weighted by molar-refractivity contribution is 5.70. The predicted octanol–water partition coefficient (Wildman–Crippen LogP) is 21.1. The van der Waals surface area contributed by atoms with Gasteiger partial charge >= 0.3 is 11.9 Å². The van der Waals surface area contributed by atoms with E-state index in [0.29, 0.717) is 17.4 Å². The molecule has 0 aliphatic heterocycles. The summed E-state index contributed by atoms with van der Waals surface area (Å²) in [5, 5.41) is 11.8. The van der Waals surface area contributed by atoms with Crippen LogP contribution in [0.15, 0.2) is 158 Å². The van der Waals surface area contributed by atoms with Gasteiger partial charge in [0.05, 0.1) is 40.3 Å². The lowest BCUT2D eigenvalue weighted by molar-refractivity contribution is -0.870. The molecule has 2 unspecified atom stereocenters. The Kier molecular flexibility index (Phi) is 64.9. The first-order valence-electron chi connectivity index (χ1n) is 35.6. The smallest absolute Gasteiger partial charge is 0.306 e. The van der Waals surface area contributed by atoms with Crippen LogP contribution >= 0.6 is 0 Å². The lowest BCUT2D eigenvalue weighted by Gasteiger charge is -2.26. The molecule has 0 heterocycles. The van der Waals surface area contributed by atoms with E-state index in [2.05, 4.69) is 172 Å². The molecule has 0 aromatic rings. The Morgan fingerprint density at radius 3 is 0.910 bits per heavy atom. The number of nitrogens with zero attached hydrogens (tertiary/aromatic N) is 1. The maximum atomic E-state index is 12.9. The first-order valence-corrected chi connectivity index (χ1v) is 35.6. The minimum Gasteiger partial charge on any atom is -0.545 e. The highest BCUT2D eigenvalue weighted by Crippen LogP contribution is 2.17. The molecule has 9 heteroatoms. The van der Waals surface area contributed by atoms with E-state index in [9.17, 15) is 19.5 Å². The van der Waals surface area contributed by atoms with Crippen LogP contribution in [0.25, 0.3) is 0 Å². The van der Waals surface area contributed by atoms with E-state index < -0.39 is 24.3 Å². The minimum absolute atomic E-state index is 0.134. The fraction of sp³-hybridized carbons (Fsp3) is 0.637. The Bertz CT molecular complexity index is 2020. The second kappa shape index (κ2) is 68.8. The molecule has 0 bridgehead atoms. The molecule has 0 rings (SSSR count). The summed E-state index contributed by atoms with van der Waals surface area (Å²) in [6, 6.07) is 0. The number of hydrogen-bond acceptors (Lipinski definition) is 8. The number of quaternary nitrogens is 1. The number of carboxylic acid groups (broad SMARTS) is 1. The quantitative estimate of drug-likeness (QED) is 0.0195. The van der Waals surface area contributed by atoms with Gasteiger partial charge in [-0.1, -0.05) is 294 Å². The van der Waals surface area contributed by atoms with E-state index in [4.69, 9.17) is 18.9 Å². The Morgan fingerprint density at radius 1 is 0.337 bits per heavy atom. The molecule has 0 aliphatic rings. The first kappa shape index (κ1) is 83.9. The molecule has 0 fully saturated rings. The van der Waals surface area contributed by atoms with Gasteiger partial charge in [0.1, 0.15) is 13.2 Å². The van der Waals surface area contributed by atoms with E-state index in [0.717, 1.165) is 122 Å². The van der Waals surface area contributed by atoms with Crippen LogP contribution < -0.4 is 5.11 Å². The molecule has 89 heavy (non-hydrogen) atoms. The number of carbonyl (C=O) groups is 3. The zero-order valence-electron chi connectivity index (χ0n) is 57.5. The Balaban J connectivity index is 4.12. The molecule has 0 amide bonds. The van der Waals surface area contributed by atoms with Crippen LogP contribution in [0.1, 0.15) is 271 Å². The summed E-state index contributed by atoms with van der Waals surface area (Å²) >= 11 is 0. The van der Waals surface area contributed by atoms with Gasteiger partial charge in [0, 0.05) is 12.8 Å². The zero-order valence-corrected chi connectivity index (χ0v) is 57.5. The highest BCUT2D eigenvalue weighted by Gasteiger charge is 2.22. The maximum absolute atomic E-state index is 12.9. The molecule has 0 aliphatic carbocycles. The number of carbonyl (C=O) groups excluding carboxylic acids is 3. The van der Waals surface area contributed by atoms with Crippen molar-refractivity contribution in [1.29, 1.82) is 0 Å². The van der Waals surface area contributed by atoms with Crippen molar-refractivity contribution in [3.63, 3.8) is 0 Å². The topological polar surface area (TPSA) is 111 Å². The van der Waals surface area contributed by atoms with Crippen molar-refractivity contribution in [3.05, 3.63) is 158 Å². The van der Waals surface area contributed by atoms with Crippen molar-refractivity contribution < 1.29 is 42.9 Å². The monoisotopic (exact) mass is 1230 g/mol. The second-order valence-electron chi connectivity index (χ2n) is 24.4. The van der Waals surface area contributed by atoms with Gasteiger partial charge in [0.2, 0.25) is 0 Å². The van der Waals surface area contributed by atoms with Crippen molar-refractivity contribution in [1.82, 2.24) is 0 Å². The number of rotatable bonds is 64. The summed E-state index contributed by atoms with van der Waals surface area (Å²) in [5.74, 6) is -2.33. The summed E-state index contributed by atoms with van der Waals surface area (Å²) in [6.45, 7) is 4.48. The lowest BCUT2D eigenvalue weighted by atomic mass is 10.0. The standard InChI is InChI=1S/C80H131NO8/c1-6-8-10-12-14-16-18-20-22-24-26-28-30-32-33-34-35-36-37-38-39-40-41-42-43-44-45-47-48-50-52-54-56-58-60-62-64-66-68-70-77(82)87-74-76(75-88-80(79(84)85)86-73-72-81(3,4)5)89-78(83)71-69-67-65-63-61-59-57-55-53-51-49-46-31-29-27-25-23-21-19-17-15-13-11-9-7-2/h8-11,14-17,20-23,26-29,32-33,35-36,46,49,53,55,59,61,76,80H,6-7,12-13,18-19,24-25,30-31,34,37-45,47-48,50-52,54,56-58,60,62-75H2,1-5H3/b10-8-,11-9-,16-14-,17-15-,22-20-,23-21-,28-26-,29-27-,33-32-,36-35-,49-46-,55-53-,61-59-. The first-order chi connectivity index (χ1) is 43.6. The number of likely N-dealkylation sites (N-methyl/N-ethyl adjacent to an activating group) is 1. The second-order valence-corrected chi connectivity index (χ2v) is 24.4. The van der Waals surface area contributed by atoms with Crippen LogP contribution in [0.4, 0.5) is 0 Å². The summed E-state index contributed by atoms with van der Waals surface area (Å²) in [4.78, 5) is 37.5. The van der Waals surface area contributed by atoms with Gasteiger partial charge in [-0.3, -0.25) is 9.59 Å². The normalized spacial score (nSPS) is 13.7. The van der Waals surface area contributed by atoms with E-state index in [-0.39, 0.29) is 38.6 Å². The summed E-state index contributed by atoms with van der Waals surface area (Å²) < 4.78 is 22.7. The number of unbranched alkanes of at least 4 members (excludes halogenated alkanes) is 23. The molecule has 0 N–H and O–H groups in total. The highest BCUT2D eigenvalue weighted by atomic mass is 16.7. The van der Waals surface area contributed by atoms with Gasteiger partial charge in [0.15, 0.2) is 12.4 Å². The molecule has 0 spiro atoms. The molecule has 504 valence electrons. The van der Waals surface area contributed by atoms with E-state index in [1.807, 2.05) is 21.1 Å². The van der Waals surface area contributed by atoms with Gasteiger partial charge in [-0.05, 0) is 122 Å². The average molecular weight is 1230 g/mol. The Hall–Kier alpha value is -5.09. The average Bonchev–Trinajstić information content (AvgIpc) is 3.64. The van der Waals surface area contributed by atoms with Crippen LogP contribution in [0, 0.1) is 0 Å². The number of allylic oxidation sites excluding steroid dienone is 26. The molecule has 0 saturated carbocycles. The van der Waals surface area contributed by atoms with Crippen LogP contribution in [0.2, 0.25) is 0 Å². The zero-order chi connectivity index (χ0) is 64.7. The molecular formula is C80H131NO8. The maximum Gasteiger partial charge on any atom is 0.306 e. The van der Waals surface area contributed by atoms with Crippen molar-refractivity contribution in [2.45, 2.75) is 283 Å². The minimum atomic E-state index is -1.64. The van der Waals surface area contributed by atoms with E-state index in [1.54, 1.807) is 0 Å². The molecular weight excluding hydrogens is 1100 g/mol. The van der Waals surface area contributed by atoms with Crippen molar-refractivity contribution >= 4 is 17.9 Å². The van der Waals surface area contributed by atoms with Crippen LogP contribution in [0.5, 0.6) is 0 Å². The Morgan fingerprint density at radius 2 is 0.607 bits per heavy atom. The van der Waals surface area contributed by atoms with Crippen molar-refractivity contribution in [2.75, 3.05) is 47.5 Å². The van der Waals surface area contributed by atoms with Crippen LogP contribution in [-0.2, 0) is 33.3 Å². The predicted molar refractivity (Wildman–Crippen MR) is 379 cm³/mol. The molecule has 0 radical (unpaired) electrons. The summed E-state index contributed by atoms with van der Waals surface area (Å²) in [6.07, 6.45) is 99.1. The van der Waals surface area contributed by atoms with Crippen LogP contribution in [-0.4, -0.2) is 82.3 Å². The van der Waals surface area contributed by atoms with Gasteiger partial charge < -0.3 is 33.3 Å². The van der Waals surface area contributed by atoms with Gasteiger partial charge in [0.25, 0.3) is 0 Å². The van der Waals surface area contributed by atoms with Crippen LogP contribution in [0.3, 0.4) is 0 Å². The van der Waals surface area contributed by atoms with Crippen molar-refractivity contribution in [3.8, 4) is 0 Å². The molecule has 0 saturated heterocycles. The summed E-state index contributed by atoms with van der Waals surface area (Å²) in [7, 11) is 5.91. The number of hydrogen-bond donors (Lipinski definition) is 0. The number of esters is 2. The third-order valence-electron chi connectivity index (χ3n) is 14.8. The fourth-order valence-electron chi connectivity index (χ4n) is 9.40. The largest absolute Gasteiger partial charge is 0.545 e. The van der Waals surface area contributed by atoms with Gasteiger partial charge in [-0.2, -0.15) is 0 Å². The van der Waals surface area contributed by atoms with E-state index in [1.165, 1.54) is 116 Å². The molecule has 0 aromatic heterocycles. The number of ether oxygens (including phenoxy) is 4. The fourth-order valence-corrected chi connectivity index (χ4v) is 9.40. The molecule has 2 atom stereocenters. The van der Waals surface area contributed by atoms with Crippen molar-refractivity contribution in [2.24, 2.45) is 0 Å². The third kappa shape index (κ3) is 70.2. The third-order valence-corrected chi connectivity index (χ3v) is 14.8. The molecule has 0 aromatic carbocycles. The van der Waals surface area contributed by atoms with Gasteiger partial charge in [-0.15, -0.1) is 0 Å². The summed E-state index contributed by atoms with van der Waals surface area (Å²) in [5.41, 5.74) is 0. The van der Waals surface area contributed by atoms with Gasteiger partial charge in [-0.25, -0.2) is 0 Å².